The van der Waals surface area contributed by atoms with Gasteiger partial charge in [-0.15, -0.1) is 11.3 Å². The molecule has 154 valence electrons. The summed E-state index contributed by atoms with van der Waals surface area (Å²) in [5.74, 6) is -0.385. The quantitative estimate of drug-likeness (QED) is 0.650. The molecule has 2 aromatic heterocycles. The molecule has 1 aliphatic heterocycles. The minimum Gasteiger partial charge on any atom is -0.459 e. The van der Waals surface area contributed by atoms with E-state index in [1.54, 1.807) is 17.0 Å². The molecule has 0 bridgehead atoms. The molecule has 9 heteroatoms. The number of anilines is 1. The standard InChI is InChI=1S/C20H24N4O4S/c21-18(26)17-13-4-1-2-6-15(13)29-19(17)22-16(25)12-23-7-9-24(10-8-23)20(27)14-5-3-11-28-14/h3,5,11H,1-2,4,6-10,12H2,(H2,21,26)(H,22,25)/p+1. The van der Waals surface area contributed by atoms with Crippen molar-refractivity contribution in [2.45, 2.75) is 25.7 Å². The van der Waals surface area contributed by atoms with Crippen molar-refractivity contribution in [1.29, 1.82) is 0 Å². The molecular formula is C20H25N4O4S+. The van der Waals surface area contributed by atoms with Crippen LogP contribution in [0.1, 0.15) is 44.2 Å². The first-order chi connectivity index (χ1) is 14.0. The zero-order valence-corrected chi connectivity index (χ0v) is 17.0. The van der Waals surface area contributed by atoms with Gasteiger partial charge in [-0.05, 0) is 43.4 Å². The second kappa shape index (κ2) is 8.38. The largest absolute Gasteiger partial charge is 0.459 e. The fourth-order valence-electron chi connectivity index (χ4n) is 4.07. The summed E-state index contributed by atoms with van der Waals surface area (Å²) in [4.78, 5) is 40.9. The number of carbonyl (C=O) groups excluding carboxylic acids is 3. The average Bonchev–Trinajstić information content (AvgIpc) is 3.35. The number of rotatable bonds is 5. The molecule has 1 aliphatic carbocycles. The molecule has 0 unspecified atom stereocenters. The van der Waals surface area contributed by atoms with Crippen LogP contribution in [0.2, 0.25) is 0 Å². The predicted octanol–water partition coefficient (Wildman–Crippen LogP) is 0.298. The van der Waals surface area contributed by atoms with E-state index >= 15 is 0 Å². The van der Waals surface area contributed by atoms with Gasteiger partial charge in [0.2, 0.25) is 0 Å². The van der Waals surface area contributed by atoms with E-state index in [1.807, 2.05) is 0 Å². The Bertz CT molecular complexity index is 913. The van der Waals surface area contributed by atoms with Crippen LogP contribution in [0.15, 0.2) is 22.8 Å². The topological polar surface area (TPSA) is 110 Å². The molecule has 0 spiro atoms. The lowest BCUT2D eigenvalue weighted by Gasteiger charge is -2.31. The maximum atomic E-state index is 12.6. The van der Waals surface area contributed by atoms with Gasteiger partial charge in [-0.2, -0.15) is 0 Å². The maximum Gasteiger partial charge on any atom is 0.289 e. The van der Waals surface area contributed by atoms with Crippen LogP contribution in [0.25, 0.3) is 0 Å². The molecule has 4 rings (SSSR count). The summed E-state index contributed by atoms with van der Waals surface area (Å²) in [5.41, 5.74) is 7.10. The minimum atomic E-state index is -0.475. The number of hydrogen-bond acceptors (Lipinski definition) is 5. The van der Waals surface area contributed by atoms with E-state index in [1.165, 1.54) is 17.6 Å². The Morgan fingerprint density at radius 2 is 1.97 bits per heavy atom. The van der Waals surface area contributed by atoms with Crippen LogP contribution in [0.5, 0.6) is 0 Å². The van der Waals surface area contributed by atoms with Gasteiger partial charge in [0.1, 0.15) is 5.00 Å². The number of quaternary nitrogens is 1. The average molecular weight is 418 g/mol. The minimum absolute atomic E-state index is 0.117. The Morgan fingerprint density at radius 3 is 2.66 bits per heavy atom. The van der Waals surface area contributed by atoms with Gasteiger partial charge in [0.15, 0.2) is 12.3 Å². The van der Waals surface area contributed by atoms with E-state index in [4.69, 9.17) is 10.2 Å². The van der Waals surface area contributed by atoms with Crippen LogP contribution in [0.3, 0.4) is 0 Å². The van der Waals surface area contributed by atoms with Crippen LogP contribution < -0.4 is 16.0 Å². The summed E-state index contributed by atoms with van der Waals surface area (Å²) in [7, 11) is 0. The molecule has 8 nitrogen and oxygen atoms in total. The van der Waals surface area contributed by atoms with Crippen LogP contribution in [0, 0.1) is 0 Å². The summed E-state index contributed by atoms with van der Waals surface area (Å²) in [6.45, 7) is 2.81. The molecule has 1 fully saturated rings. The van der Waals surface area contributed by atoms with Gasteiger partial charge in [-0.25, -0.2) is 0 Å². The van der Waals surface area contributed by atoms with Gasteiger partial charge in [0, 0.05) is 4.88 Å². The summed E-state index contributed by atoms with van der Waals surface area (Å²) >= 11 is 1.48. The smallest absolute Gasteiger partial charge is 0.289 e. The molecule has 3 amide bonds. The number of hydrogen-bond donors (Lipinski definition) is 3. The molecule has 4 N–H and O–H groups in total. The molecule has 1 saturated heterocycles. The Kier molecular flexibility index (Phi) is 5.68. The molecule has 0 saturated carbocycles. The lowest BCUT2D eigenvalue weighted by molar-refractivity contribution is -0.895. The van der Waals surface area contributed by atoms with Crippen LogP contribution in [-0.4, -0.2) is 55.3 Å². The first-order valence-electron chi connectivity index (χ1n) is 9.93. The van der Waals surface area contributed by atoms with Gasteiger partial charge >= 0.3 is 0 Å². The summed E-state index contributed by atoms with van der Waals surface area (Å²) in [6, 6.07) is 3.35. The lowest BCUT2D eigenvalue weighted by Crippen LogP contribution is -3.15. The third-order valence-electron chi connectivity index (χ3n) is 5.57. The van der Waals surface area contributed by atoms with Crippen molar-refractivity contribution in [2.24, 2.45) is 5.73 Å². The number of nitrogens with two attached hydrogens (primary N) is 1. The zero-order chi connectivity index (χ0) is 20.4. The van der Waals surface area contributed by atoms with Gasteiger partial charge < -0.3 is 25.3 Å². The highest BCUT2D eigenvalue weighted by atomic mass is 32.1. The number of nitrogens with zero attached hydrogens (tertiary/aromatic N) is 1. The maximum absolute atomic E-state index is 12.6. The van der Waals surface area contributed by atoms with E-state index in [-0.39, 0.29) is 11.8 Å². The van der Waals surface area contributed by atoms with Crippen LogP contribution in [0.4, 0.5) is 5.00 Å². The highest BCUT2D eigenvalue weighted by Crippen LogP contribution is 2.37. The molecule has 2 aromatic rings. The van der Waals surface area contributed by atoms with E-state index in [0.29, 0.717) is 49.0 Å². The second-order valence-corrected chi connectivity index (χ2v) is 8.63. The lowest BCUT2D eigenvalue weighted by atomic mass is 9.95. The fourth-order valence-corrected chi connectivity index (χ4v) is 5.38. The number of aryl methyl sites for hydroxylation is 1. The Morgan fingerprint density at radius 1 is 1.21 bits per heavy atom. The SMILES string of the molecule is NC(=O)c1c(NC(=O)C[NH+]2CCN(C(=O)c3ccco3)CC2)sc2c1CCCC2. The number of thiophene rings is 1. The van der Waals surface area contributed by atoms with Crippen molar-refractivity contribution >= 4 is 34.1 Å². The third-order valence-corrected chi connectivity index (χ3v) is 6.78. The fraction of sp³-hybridized carbons (Fsp3) is 0.450. The van der Waals surface area contributed by atoms with E-state index < -0.39 is 5.91 Å². The van der Waals surface area contributed by atoms with Gasteiger partial charge in [-0.3, -0.25) is 14.4 Å². The predicted molar refractivity (Wildman–Crippen MR) is 108 cm³/mol. The second-order valence-electron chi connectivity index (χ2n) is 7.52. The summed E-state index contributed by atoms with van der Waals surface area (Å²) in [6.07, 6.45) is 5.42. The van der Waals surface area contributed by atoms with Gasteiger partial charge in [-0.1, -0.05) is 0 Å². The molecular weight excluding hydrogens is 392 g/mol. The van der Waals surface area contributed by atoms with E-state index in [2.05, 4.69) is 5.32 Å². The number of nitrogens with one attached hydrogen (secondary N) is 2. The number of furan rings is 1. The molecule has 3 heterocycles. The Labute approximate surface area is 172 Å². The highest BCUT2D eigenvalue weighted by molar-refractivity contribution is 7.17. The molecule has 29 heavy (non-hydrogen) atoms. The van der Waals surface area contributed by atoms with Crippen molar-refractivity contribution in [2.75, 3.05) is 38.0 Å². The highest BCUT2D eigenvalue weighted by Gasteiger charge is 2.29. The van der Waals surface area contributed by atoms with Crippen molar-refractivity contribution in [3.8, 4) is 0 Å². The molecule has 0 radical (unpaired) electrons. The van der Waals surface area contributed by atoms with Crippen LogP contribution in [-0.2, 0) is 17.6 Å². The van der Waals surface area contributed by atoms with E-state index in [0.717, 1.165) is 41.0 Å². The number of fused-ring (bicyclic) bond motifs is 1. The molecule has 2 aliphatic rings. The molecule has 0 aromatic carbocycles. The Balaban J connectivity index is 1.34. The van der Waals surface area contributed by atoms with Crippen molar-refractivity contribution in [3.05, 3.63) is 40.2 Å². The Hall–Kier alpha value is -2.65. The number of piperazine rings is 1. The van der Waals surface area contributed by atoms with Crippen molar-refractivity contribution < 1.29 is 23.7 Å². The van der Waals surface area contributed by atoms with Gasteiger partial charge in [0.05, 0.1) is 38.0 Å². The first kappa shape index (κ1) is 19.7. The number of primary amides is 1. The van der Waals surface area contributed by atoms with Gasteiger partial charge in [0.25, 0.3) is 17.7 Å². The van der Waals surface area contributed by atoms with Crippen LogP contribution >= 0.6 is 11.3 Å². The van der Waals surface area contributed by atoms with Crippen molar-refractivity contribution in [1.82, 2.24) is 4.90 Å². The summed E-state index contributed by atoms with van der Waals surface area (Å²) < 4.78 is 5.17. The third kappa shape index (κ3) is 4.20. The monoisotopic (exact) mass is 417 g/mol. The zero-order valence-electron chi connectivity index (χ0n) is 16.2. The normalized spacial score (nSPS) is 17.0. The summed E-state index contributed by atoms with van der Waals surface area (Å²) in [5, 5.41) is 3.50. The van der Waals surface area contributed by atoms with E-state index in [9.17, 15) is 14.4 Å². The molecule has 0 atom stereocenters. The first-order valence-corrected chi connectivity index (χ1v) is 10.7. The number of amides is 3. The number of carbonyl (C=O) groups is 3. The van der Waals surface area contributed by atoms with Crippen molar-refractivity contribution in [3.63, 3.8) is 0 Å².